The predicted molar refractivity (Wildman–Crippen MR) is 114 cm³/mol. The number of nitrogens with two attached hydrogens (primary N) is 1. The van der Waals surface area contributed by atoms with E-state index in [1.165, 1.54) is 0 Å². The zero-order valence-electron chi connectivity index (χ0n) is 17.2. The molecule has 8 nitrogen and oxygen atoms in total. The first-order valence-corrected chi connectivity index (χ1v) is 11.6. The normalized spacial score (nSPS) is 17.2. The quantitative estimate of drug-likeness (QED) is 0.633. The Kier molecular flexibility index (Phi) is 7.54. The van der Waals surface area contributed by atoms with Crippen molar-refractivity contribution in [2.75, 3.05) is 26.2 Å². The molecule has 0 saturated carbocycles. The highest BCUT2D eigenvalue weighted by atomic mass is 32.2. The van der Waals surface area contributed by atoms with Gasteiger partial charge in [-0.2, -0.15) is 4.31 Å². The van der Waals surface area contributed by atoms with Gasteiger partial charge in [-0.3, -0.25) is 9.59 Å². The molecule has 1 fully saturated rings. The number of benzene rings is 2. The van der Waals surface area contributed by atoms with E-state index in [1.54, 1.807) is 30.3 Å². The fourth-order valence-electron chi connectivity index (χ4n) is 3.57. The van der Waals surface area contributed by atoms with Gasteiger partial charge in [0.2, 0.25) is 10.0 Å². The fourth-order valence-corrected chi connectivity index (χ4v) is 5.27. The molecule has 0 aliphatic carbocycles. The molecule has 0 aromatic heterocycles. The molecule has 32 heavy (non-hydrogen) atoms. The van der Waals surface area contributed by atoms with Gasteiger partial charge in [0.05, 0.1) is 5.75 Å². The van der Waals surface area contributed by atoms with Gasteiger partial charge in [-0.15, -0.1) is 0 Å². The van der Waals surface area contributed by atoms with Gasteiger partial charge in [0.1, 0.15) is 11.6 Å². The summed E-state index contributed by atoms with van der Waals surface area (Å²) in [5.74, 6) is -3.87. The van der Waals surface area contributed by atoms with Crippen LogP contribution in [-0.4, -0.2) is 61.8 Å². The maximum absolute atomic E-state index is 13.7. The molecule has 2 amide bonds. The summed E-state index contributed by atoms with van der Waals surface area (Å²) >= 11 is 0. The average Bonchev–Trinajstić information content (AvgIpc) is 2.76. The van der Waals surface area contributed by atoms with Crippen LogP contribution < -0.4 is 11.1 Å². The molecule has 0 bridgehead atoms. The lowest BCUT2D eigenvalue weighted by Crippen LogP contribution is -2.63. The number of carbonyl (C=O) groups is 2. The van der Waals surface area contributed by atoms with E-state index in [0.717, 1.165) is 21.3 Å². The Labute approximate surface area is 185 Å². The van der Waals surface area contributed by atoms with E-state index >= 15 is 0 Å². The van der Waals surface area contributed by atoms with Crippen molar-refractivity contribution in [3.8, 4) is 0 Å². The monoisotopic (exact) mass is 466 g/mol. The minimum Gasteiger partial charge on any atom is -0.352 e. The summed E-state index contributed by atoms with van der Waals surface area (Å²) in [5.41, 5.74) is 5.64. The second-order valence-electron chi connectivity index (χ2n) is 7.32. The number of nitrogens with zero attached hydrogens (tertiary/aromatic N) is 2. The molecule has 1 atom stereocenters. The first-order valence-electron chi connectivity index (χ1n) is 10.0. The molecule has 1 aliphatic heterocycles. The molecule has 11 heteroatoms. The number of hydrogen-bond acceptors (Lipinski definition) is 5. The Morgan fingerprint density at radius 3 is 2.34 bits per heavy atom. The van der Waals surface area contributed by atoms with Crippen LogP contribution in [-0.2, 0) is 20.6 Å². The van der Waals surface area contributed by atoms with Crippen LogP contribution in [0.2, 0.25) is 0 Å². The molecule has 3 N–H and O–H groups in total. The zero-order chi connectivity index (χ0) is 23.3. The maximum Gasteiger partial charge on any atom is 0.259 e. The largest absolute Gasteiger partial charge is 0.352 e. The lowest BCUT2D eigenvalue weighted by Gasteiger charge is -2.41. The first kappa shape index (κ1) is 23.8. The Hall–Kier alpha value is -2.89. The molecule has 2 aromatic carbocycles. The van der Waals surface area contributed by atoms with E-state index in [0.29, 0.717) is 11.6 Å². The van der Waals surface area contributed by atoms with Crippen LogP contribution in [0, 0.1) is 11.6 Å². The van der Waals surface area contributed by atoms with E-state index in [-0.39, 0.29) is 43.9 Å². The number of rotatable bonds is 7. The summed E-state index contributed by atoms with van der Waals surface area (Å²) in [6.07, 6.45) is -1.26. The second kappa shape index (κ2) is 10.2. The third-order valence-corrected chi connectivity index (χ3v) is 6.74. The molecule has 1 saturated heterocycles. The topological polar surface area (TPSA) is 113 Å². The molecule has 172 valence electrons. The minimum absolute atomic E-state index is 0.0111. The lowest BCUT2D eigenvalue weighted by atomic mass is 10.1. The average molecular weight is 467 g/mol. The Morgan fingerprint density at radius 1 is 1.06 bits per heavy atom. The van der Waals surface area contributed by atoms with E-state index in [9.17, 15) is 26.8 Å². The molecule has 1 heterocycles. The number of hydrogen-bond donors (Lipinski definition) is 2. The highest BCUT2D eigenvalue weighted by Crippen LogP contribution is 2.24. The van der Waals surface area contributed by atoms with Crippen LogP contribution in [0.4, 0.5) is 8.78 Å². The molecular formula is C21H24F2N4O4S. The number of nitrogens with one attached hydrogen (secondary N) is 1. The van der Waals surface area contributed by atoms with Crippen molar-refractivity contribution in [3.63, 3.8) is 0 Å². The third-order valence-electron chi connectivity index (χ3n) is 4.94. The van der Waals surface area contributed by atoms with Gasteiger partial charge >= 0.3 is 0 Å². The number of amides is 2. The summed E-state index contributed by atoms with van der Waals surface area (Å²) < 4.78 is 54.8. The van der Waals surface area contributed by atoms with Gasteiger partial charge in [0, 0.05) is 37.8 Å². The molecule has 2 aromatic rings. The summed E-state index contributed by atoms with van der Waals surface area (Å²) in [6.45, 7) is 0.225. The predicted octanol–water partition coefficient (Wildman–Crippen LogP) is 1.04. The van der Waals surface area contributed by atoms with Crippen LogP contribution in [0.25, 0.3) is 0 Å². The fraction of sp³-hybridized carbons (Fsp3) is 0.333. The van der Waals surface area contributed by atoms with E-state index < -0.39 is 39.6 Å². The summed E-state index contributed by atoms with van der Waals surface area (Å²) in [7, 11) is -4.02. The Balaban J connectivity index is 1.97. The van der Waals surface area contributed by atoms with Crippen molar-refractivity contribution in [1.82, 2.24) is 14.5 Å². The first-order chi connectivity index (χ1) is 15.2. The molecule has 0 spiro atoms. The van der Waals surface area contributed by atoms with E-state index in [2.05, 4.69) is 5.32 Å². The van der Waals surface area contributed by atoms with Crippen molar-refractivity contribution in [1.29, 1.82) is 0 Å². The van der Waals surface area contributed by atoms with Crippen molar-refractivity contribution in [2.24, 2.45) is 5.73 Å². The highest BCUT2D eigenvalue weighted by Gasteiger charge is 2.43. The smallest absolute Gasteiger partial charge is 0.259 e. The summed E-state index contributed by atoms with van der Waals surface area (Å²) in [4.78, 5) is 27.0. The summed E-state index contributed by atoms with van der Waals surface area (Å²) in [6, 6.07) is 10.7. The third kappa shape index (κ3) is 5.47. The van der Waals surface area contributed by atoms with Crippen LogP contribution >= 0.6 is 0 Å². The molecule has 3 rings (SSSR count). The van der Waals surface area contributed by atoms with Crippen LogP contribution in [0.3, 0.4) is 0 Å². The van der Waals surface area contributed by atoms with E-state index in [4.69, 9.17) is 5.73 Å². The van der Waals surface area contributed by atoms with Crippen LogP contribution in [0.5, 0.6) is 0 Å². The second-order valence-corrected chi connectivity index (χ2v) is 9.24. The van der Waals surface area contributed by atoms with Gasteiger partial charge in [-0.1, -0.05) is 30.3 Å². The van der Waals surface area contributed by atoms with Gasteiger partial charge in [-0.05, 0) is 24.1 Å². The van der Waals surface area contributed by atoms with Gasteiger partial charge in [-0.25, -0.2) is 17.2 Å². The molecular weight excluding hydrogens is 442 g/mol. The SMILES string of the molecule is NCCNC(=O)C1N(C(=O)c2cc(F)cc(F)c2)CCCN1S(=O)(=O)Cc1ccccc1. The van der Waals surface area contributed by atoms with Gasteiger partial charge in [0.25, 0.3) is 11.8 Å². The molecule has 0 radical (unpaired) electrons. The number of carbonyl (C=O) groups excluding carboxylic acids is 2. The van der Waals surface area contributed by atoms with Gasteiger partial charge < -0.3 is 16.0 Å². The molecule has 1 unspecified atom stereocenters. The maximum atomic E-state index is 13.7. The van der Waals surface area contributed by atoms with Crippen LogP contribution in [0.1, 0.15) is 22.3 Å². The summed E-state index contributed by atoms with van der Waals surface area (Å²) in [5, 5.41) is 2.51. The standard InChI is InChI=1S/C21H24F2N4O4S/c22-17-11-16(12-18(23)13-17)21(29)26-9-4-10-27(20(26)19(28)25-8-7-24)32(30,31)14-15-5-2-1-3-6-15/h1-3,5-6,11-13,20H,4,7-10,14,24H2,(H,25,28). The molecule has 1 aliphatic rings. The minimum atomic E-state index is -4.02. The lowest BCUT2D eigenvalue weighted by molar-refractivity contribution is -0.130. The Morgan fingerprint density at radius 2 is 1.72 bits per heavy atom. The number of halogens is 2. The Bertz CT molecular complexity index is 1060. The zero-order valence-corrected chi connectivity index (χ0v) is 18.0. The van der Waals surface area contributed by atoms with Crippen molar-refractivity contribution >= 4 is 21.8 Å². The highest BCUT2D eigenvalue weighted by molar-refractivity contribution is 7.88. The van der Waals surface area contributed by atoms with Crippen molar-refractivity contribution in [2.45, 2.75) is 18.3 Å². The van der Waals surface area contributed by atoms with Crippen molar-refractivity contribution in [3.05, 3.63) is 71.3 Å². The number of sulfonamides is 1. The van der Waals surface area contributed by atoms with Crippen LogP contribution in [0.15, 0.2) is 48.5 Å². The van der Waals surface area contributed by atoms with E-state index in [1.807, 2.05) is 0 Å². The van der Waals surface area contributed by atoms with Gasteiger partial charge in [0.15, 0.2) is 6.17 Å². The van der Waals surface area contributed by atoms with Crippen molar-refractivity contribution < 1.29 is 26.8 Å².